The van der Waals surface area contributed by atoms with Crippen molar-refractivity contribution < 1.29 is 4.79 Å². The molecule has 2 aliphatic rings. The molecule has 0 aromatic heterocycles. The summed E-state index contributed by atoms with van der Waals surface area (Å²) in [6.07, 6.45) is 3.84. The number of carbonyl (C=O) groups is 1. The lowest BCUT2D eigenvalue weighted by Gasteiger charge is -2.39. The van der Waals surface area contributed by atoms with Gasteiger partial charge in [0.15, 0.2) is 0 Å². The zero-order valence-electron chi connectivity index (χ0n) is 16.2. The number of carbonyl (C=O) groups excluding carboxylic acids is 1. The molecule has 0 spiro atoms. The van der Waals surface area contributed by atoms with Crippen molar-refractivity contribution >= 4 is 23.2 Å². The van der Waals surface area contributed by atoms with E-state index in [1.807, 2.05) is 12.1 Å². The first kappa shape index (κ1) is 20.0. The summed E-state index contributed by atoms with van der Waals surface area (Å²) in [6.45, 7) is 8.12. The Morgan fingerprint density at radius 2 is 1.85 bits per heavy atom. The quantitative estimate of drug-likeness (QED) is 0.853. The van der Waals surface area contributed by atoms with Crippen molar-refractivity contribution in [1.29, 1.82) is 5.26 Å². The van der Waals surface area contributed by atoms with Gasteiger partial charge in [-0.3, -0.25) is 9.69 Å². The fourth-order valence-electron chi connectivity index (χ4n) is 4.13. The van der Waals surface area contributed by atoms with E-state index in [-0.39, 0.29) is 5.92 Å². The number of benzene rings is 1. The maximum absolute atomic E-state index is 12.8. The van der Waals surface area contributed by atoms with Gasteiger partial charge in [0.2, 0.25) is 5.91 Å². The summed E-state index contributed by atoms with van der Waals surface area (Å²) in [5.74, 6) is 0.511. The molecule has 0 radical (unpaired) electrons. The molecule has 1 amide bonds. The van der Waals surface area contributed by atoms with Crippen molar-refractivity contribution in [3.05, 3.63) is 28.8 Å². The lowest BCUT2D eigenvalue weighted by molar-refractivity contribution is -0.138. The highest BCUT2D eigenvalue weighted by atomic mass is 35.5. The second kappa shape index (κ2) is 8.95. The molecule has 1 aromatic rings. The van der Waals surface area contributed by atoms with E-state index >= 15 is 0 Å². The molecule has 1 heterocycles. The number of nitrogens with zero attached hydrogens (tertiary/aromatic N) is 3. The zero-order valence-corrected chi connectivity index (χ0v) is 17.0. The highest BCUT2D eigenvalue weighted by Gasteiger charge is 2.31. The standard InChI is InChI=1S/C21H29ClN4O/c1-15(2)25-9-11-26(12-10-25)21(27)16-3-6-18(7-4-16)24-19-8-5-17(14-23)20(22)13-19/h5,8,13,15-16,18,24H,3-4,6-7,9-12H2,1-2H3/t16-,18-. The van der Waals surface area contributed by atoms with E-state index < -0.39 is 0 Å². The topological polar surface area (TPSA) is 59.4 Å². The molecule has 2 fully saturated rings. The van der Waals surface area contributed by atoms with Gasteiger partial charge in [-0.05, 0) is 57.7 Å². The highest BCUT2D eigenvalue weighted by molar-refractivity contribution is 6.32. The van der Waals surface area contributed by atoms with Gasteiger partial charge in [-0.2, -0.15) is 5.26 Å². The van der Waals surface area contributed by atoms with E-state index in [1.54, 1.807) is 6.07 Å². The number of hydrogen-bond acceptors (Lipinski definition) is 4. The summed E-state index contributed by atoms with van der Waals surface area (Å²) in [5.41, 5.74) is 1.44. The summed E-state index contributed by atoms with van der Waals surface area (Å²) in [4.78, 5) is 17.4. The zero-order chi connectivity index (χ0) is 19.4. The van der Waals surface area contributed by atoms with Crippen molar-refractivity contribution in [3.8, 4) is 6.07 Å². The molecule has 0 atom stereocenters. The van der Waals surface area contributed by atoms with E-state index in [9.17, 15) is 4.79 Å². The molecule has 1 saturated carbocycles. The average Bonchev–Trinajstić information content (AvgIpc) is 2.68. The van der Waals surface area contributed by atoms with Crippen LogP contribution in [-0.2, 0) is 4.79 Å². The second-order valence-corrected chi connectivity index (χ2v) is 8.36. The molecule has 1 aliphatic carbocycles. The molecule has 1 aliphatic heterocycles. The van der Waals surface area contributed by atoms with E-state index in [4.69, 9.17) is 16.9 Å². The van der Waals surface area contributed by atoms with Crippen molar-refractivity contribution in [2.45, 2.75) is 51.6 Å². The van der Waals surface area contributed by atoms with Crippen molar-refractivity contribution in [2.24, 2.45) is 5.92 Å². The van der Waals surface area contributed by atoms with Gasteiger partial charge in [0.1, 0.15) is 6.07 Å². The Morgan fingerprint density at radius 1 is 1.19 bits per heavy atom. The molecular formula is C21H29ClN4O. The fourth-order valence-corrected chi connectivity index (χ4v) is 4.36. The van der Waals surface area contributed by atoms with E-state index in [1.165, 1.54) is 0 Å². The number of nitriles is 1. The molecular weight excluding hydrogens is 360 g/mol. The SMILES string of the molecule is CC(C)N1CCN(C(=O)[C@H]2CC[C@H](Nc3ccc(C#N)c(Cl)c3)CC2)CC1. The van der Waals surface area contributed by atoms with E-state index in [0.29, 0.717) is 28.6 Å². The molecule has 0 bridgehead atoms. The summed E-state index contributed by atoms with van der Waals surface area (Å²) in [6, 6.07) is 8.45. The number of anilines is 1. The lowest BCUT2D eigenvalue weighted by Crippen LogP contribution is -2.52. The summed E-state index contributed by atoms with van der Waals surface area (Å²) < 4.78 is 0. The van der Waals surface area contributed by atoms with Crippen LogP contribution < -0.4 is 5.32 Å². The van der Waals surface area contributed by atoms with E-state index in [0.717, 1.165) is 57.5 Å². The Bertz CT molecular complexity index is 699. The number of halogens is 1. The van der Waals surface area contributed by atoms with Crippen LogP contribution in [0.3, 0.4) is 0 Å². The van der Waals surface area contributed by atoms with Crippen LogP contribution in [0.5, 0.6) is 0 Å². The van der Waals surface area contributed by atoms with Gasteiger partial charge in [0.25, 0.3) is 0 Å². The number of nitrogens with one attached hydrogen (secondary N) is 1. The molecule has 1 saturated heterocycles. The van der Waals surface area contributed by atoms with E-state index in [2.05, 4.69) is 35.0 Å². The molecule has 0 unspecified atom stereocenters. The lowest BCUT2D eigenvalue weighted by atomic mass is 9.85. The van der Waals surface area contributed by atoms with Crippen molar-refractivity contribution in [3.63, 3.8) is 0 Å². The molecule has 27 heavy (non-hydrogen) atoms. The fraction of sp³-hybridized carbons (Fsp3) is 0.619. The average molecular weight is 389 g/mol. The van der Waals surface area contributed by atoms with Crippen LogP contribution in [0.1, 0.15) is 45.1 Å². The molecule has 5 nitrogen and oxygen atoms in total. The minimum absolute atomic E-state index is 0.165. The largest absolute Gasteiger partial charge is 0.382 e. The van der Waals surface area contributed by atoms with Gasteiger partial charge in [-0.25, -0.2) is 0 Å². The van der Waals surface area contributed by atoms with Gasteiger partial charge in [0.05, 0.1) is 10.6 Å². The van der Waals surface area contributed by atoms with Crippen LogP contribution in [0, 0.1) is 17.2 Å². The third-order valence-corrected chi connectivity index (χ3v) is 6.21. The first-order valence-corrected chi connectivity index (χ1v) is 10.3. The van der Waals surface area contributed by atoms with Gasteiger partial charge in [-0.15, -0.1) is 0 Å². The Morgan fingerprint density at radius 3 is 2.41 bits per heavy atom. The Balaban J connectivity index is 1.47. The minimum Gasteiger partial charge on any atom is -0.382 e. The number of hydrogen-bond donors (Lipinski definition) is 1. The van der Waals surface area contributed by atoms with Crippen LogP contribution in [0.4, 0.5) is 5.69 Å². The van der Waals surface area contributed by atoms with Gasteiger partial charge >= 0.3 is 0 Å². The Kier molecular flexibility index (Phi) is 6.62. The van der Waals surface area contributed by atoms with Crippen LogP contribution in [-0.4, -0.2) is 54.0 Å². The first-order valence-electron chi connectivity index (χ1n) is 9.97. The number of rotatable bonds is 4. The summed E-state index contributed by atoms with van der Waals surface area (Å²) in [7, 11) is 0. The van der Waals surface area contributed by atoms with Crippen molar-refractivity contribution in [2.75, 3.05) is 31.5 Å². The third kappa shape index (κ3) is 4.94. The molecule has 1 N–H and O–H groups in total. The Labute approximate surface area is 167 Å². The minimum atomic E-state index is 0.165. The highest BCUT2D eigenvalue weighted by Crippen LogP contribution is 2.29. The van der Waals surface area contributed by atoms with Crippen LogP contribution in [0.25, 0.3) is 0 Å². The monoisotopic (exact) mass is 388 g/mol. The number of piperazine rings is 1. The first-order chi connectivity index (χ1) is 13.0. The predicted octanol–water partition coefficient (Wildman–Crippen LogP) is 3.73. The van der Waals surface area contributed by atoms with Gasteiger partial charge in [0, 0.05) is 49.9 Å². The molecule has 146 valence electrons. The van der Waals surface area contributed by atoms with Crippen LogP contribution in [0.2, 0.25) is 5.02 Å². The summed E-state index contributed by atoms with van der Waals surface area (Å²) >= 11 is 6.11. The normalized spacial score (nSPS) is 23.9. The maximum atomic E-state index is 12.8. The molecule has 1 aromatic carbocycles. The summed E-state index contributed by atoms with van der Waals surface area (Å²) in [5, 5.41) is 13.0. The maximum Gasteiger partial charge on any atom is 0.225 e. The van der Waals surface area contributed by atoms with Crippen molar-refractivity contribution in [1.82, 2.24) is 9.80 Å². The second-order valence-electron chi connectivity index (χ2n) is 7.95. The van der Waals surface area contributed by atoms with Gasteiger partial charge in [-0.1, -0.05) is 11.6 Å². The van der Waals surface area contributed by atoms with Crippen LogP contribution in [0.15, 0.2) is 18.2 Å². The molecule has 6 heteroatoms. The predicted molar refractivity (Wildman–Crippen MR) is 109 cm³/mol. The van der Waals surface area contributed by atoms with Gasteiger partial charge < -0.3 is 10.2 Å². The smallest absolute Gasteiger partial charge is 0.225 e. The Hall–Kier alpha value is -1.77. The molecule has 3 rings (SSSR count). The number of amides is 1. The third-order valence-electron chi connectivity index (χ3n) is 5.89. The van der Waals surface area contributed by atoms with Crippen LogP contribution >= 0.6 is 11.6 Å².